The van der Waals surface area contributed by atoms with E-state index in [2.05, 4.69) is 10.6 Å². The van der Waals surface area contributed by atoms with Crippen molar-refractivity contribution in [1.82, 2.24) is 30.2 Å². The highest BCUT2D eigenvalue weighted by atomic mass is 19.1. The predicted octanol–water partition coefficient (Wildman–Crippen LogP) is 3.97. The summed E-state index contributed by atoms with van der Waals surface area (Å²) in [6, 6.07) is 1.32. The average molecular weight is 943 g/mol. The van der Waals surface area contributed by atoms with Gasteiger partial charge in [-0.1, -0.05) is 79.5 Å². The molecule has 1 aromatic carbocycles. The molecule has 7 amide bonds. The van der Waals surface area contributed by atoms with E-state index in [1.54, 1.807) is 36.9 Å². The van der Waals surface area contributed by atoms with Crippen LogP contribution in [0.3, 0.4) is 0 Å². The number of methoxy groups -OCH3 is 2. The first-order chi connectivity index (χ1) is 31.6. The van der Waals surface area contributed by atoms with E-state index in [-0.39, 0.29) is 72.8 Å². The first kappa shape index (κ1) is 56.1. The zero-order chi connectivity index (χ0) is 50.3. The van der Waals surface area contributed by atoms with E-state index in [9.17, 15) is 47.9 Å². The van der Waals surface area contributed by atoms with Crippen LogP contribution in [0.4, 0.5) is 4.39 Å². The number of imide groups is 1. The van der Waals surface area contributed by atoms with E-state index in [4.69, 9.17) is 9.47 Å². The number of benzene rings is 1. The largest absolute Gasteiger partial charge is 0.480 e. The standard InChI is InChI=1S/C49H75FN6O11/c1-12-31(6)44(54(9)48(63)42(29(2)3)52-47(62)43(30(4)5)53(8)38(57)22-14-13-17-25-56-39(58)23-24-40(56)59)37(66-10)28-41(60)55-26-18-21-36(55)45(67-11)32(7)46(61)51-35(49(64)65)27-33-19-15-16-20-34(33)50/h15-16,19-20,23-24,29-32,35-37,42-45H,12-14,17-18,21-22,25-28H2,1-11H3,(H,51,61)(H,52,62)(H,64,65)/t31?,32?,35?,36-,37?,42-,43?,44?,45?/m0/s1. The van der Waals surface area contributed by atoms with Gasteiger partial charge in [0.1, 0.15) is 23.9 Å². The van der Waals surface area contributed by atoms with Crippen LogP contribution >= 0.6 is 0 Å². The van der Waals surface area contributed by atoms with Crippen LogP contribution in [-0.4, -0.2) is 156 Å². The zero-order valence-corrected chi connectivity index (χ0v) is 41.3. The van der Waals surface area contributed by atoms with Gasteiger partial charge in [-0.05, 0) is 55.1 Å². The molecule has 0 spiro atoms. The summed E-state index contributed by atoms with van der Waals surface area (Å²) < 4.78 is 26.3. The molecule has 0 saturated carbocycles. The maximum absolute atomic E-state index is 14.6. The molecule has 7 unspecified atom stereocenters. The second-order valence-electron chi connectivity index (χ2n) is 18.7. The second-order valence-corrected chi connectivity index (χ2v) is 18.7. The van der Waals surface area contributed by atoms with Crippen LogP contribution in [-0.2, 0) is 54.3 Å². The molecule has 17 nitrogen and oxygen atoms in total. The lowest BCUT2D eigenvalue weighted by molar-refractivity contribution is -0.149. The van der Waals surface area contributed by atoms with E-state index in [0.717, 1.165) is 4.90 Å². The van der Waals surface area contributed by atoms with Crippen molar-refractivity contribution in [2.75, 3.05) is 41.4 Å². The zero-order valence-electron chi connectivity index (χ0n) is 41.3. The number of likely N-dealkylation sites (tertiary alicyclic amines) is 1. The molecule has 3 N–H and O–H groups in total. The van der Waals surface area contributed by atoms with Gasteiger partial charge < -0.3 is 39.9 Å². The molecule has 1 saturated heterocycles. The average Bonchev–Trinajstić information content (AvgIpc) is 3.90. The molecule has 0 aromatic heterocycles. The first-order valence-electron chi connectivity index (χ1n) is 23.6. The Morgan fingerprint density at radius 3 is 2.06 bits per heavy atom. The summed E-state index contributed by atoms with van der Waals surface area (Å²) in [5.41, 5.74) is 0.142. The number of carboxylic acids is 1. The van der Waals surface area contributed by atoms with Gasteiger partial charge in [-0.2, -0.15) is 0 Å². The third-order valence-corrected chi connectivity index (χ3v) is 13.4. The molecule has 374 valence electrons. The van der Waals surface area contributed by atoms with Gasteiger partial charge in [-0.3, -0.25) is 38.5 Å². The minimum Gasteiger partial charge on any atom is -0.480 e. The second kappa shape index (κ2) is 26.3. The van der Waals surface area contributed by atoms with Gasteiger partial charge in [0.15, 0.2) is 0 Å². The topological polar surface area (TPSA) is 212 Å². The number of hydrogen-bond acceptors (Lipinski definition) is 10. The maximum Gasteiger partial charge on any atom is 0.326 e. The van der Waals surface area contributed by atoms with Crippen molar-refractivity contribution in [2.45, 2.75) is 149 Å². The van der Waals surface area contributed by atoms with Crippen LogP contribution in [0.25, 0.3) is 0 Å². The van der Waals surface area contributed by atoms with Crippen molar-refractivity contribution >= 4 is 47.3 Å². The minimum absolute atomic E-state index is 0.118. The summed E-state index contributed by atoms with van der Waals surface area (Å²) in [4.78, 5) is 111. The Hall–Kier alpha value is -5.23. The van der Waals surface area contributed by atoms with E-state index in [1.165, 1.54) is 49.5 Å². The predicted molar refractivity (Wildman–Crippen MR) is 248 cm³/mol. The number of amides is 7. The van der Waals surface area contributed by atoms with Gasteiger partial charge in [0.05, 0.1) is 36.6 Å². The number of carbonyl (C=O) groups is 8. The molecule has 2 heterocycles. The molecular formula is C49H75FN6O11. The quantitative estimate of drug-likeness (QED) is 0.0849. The fraction of sp³-hybridized carbons (Fsp3) is 0.673. The number of aliphatic carboxylic acids is 1. The molecule has 18 heteroatoms. The Morgan fingerprint density at radius 1 is 0.866 bits per heavy atom. The Kier molecular flexibility index (Phi) is 22.1. The number of nitrogens with zero attached hydrogens (tertiary/aromatic N) is 4. The molecule has 67 heavy (non-hydrogen) atoms. The summed E-state index contributed by atoms with van der Waals surface area (Å²) in [6.45, 7) is 13.4. The lowest BCUT2D eigenvalue weighted by atomic mass is 9.89. The Morgan fingerprint density at radius 2 is 1.51 bits per heavy atom. The summed E-state index contributed by atoms with van der Waals surface area (Å²) in [5.74, 6) is -6.36. The third kappa shape index (κ3) is 14.9. The lowest BCUT2D eigenvalue weighted by Crippen LogP contribution is -2.60. The summed E-state index contributed by atoms with van der Waals surface area (Å²) >= 11 is 0. The number of likely N-dealkylation sites (N-methyl/N-ethyl adjacent to an activating group) is 2. The molecule has 0 aliphatic carbocycles. The number of carbonyl (C=O) groups excluding carboxylic acids is 7. The van der Waals surface area contributed by atoms with Gasteiger partial charge in [-0.25, -0.2) is 9.18 Å². The van der Waals surface area contributed by atoms with Crippen LogP contribution in [0.5, 0.6) is 0 Å². The van der Waals surface area contributed by atoms with Crippen LogP contribution < -0.4 is 10.6 Å². The smallest absolute Gasteiger partial charge is 0.326 e. The normalized spacial score (nSPS) is 18.6. The van der Waals surface area contributed by atoms with Crippen molar-refractivity contribution < 1.29 is 57.3 Å². The molecule has 9 atom stereocenters. The van der Waals surface area contributed by atoms with Gasteiger partial charge in [0.25, 0.3) is 11.8 Å². The van der Waals surface area contributed by atoms with E-state index in [1.807, 2.05) is 41.5 Å². The number of nitrogens with one attached hydrogen (secondary N) is 2. The van der Waals surface area contributed by atoms with Gasteiger partial charge in [0.2, 0.25) is 29.5 Å². The fourth-order valence-corrected chi connectivity index (χ4v) is 9.30. The molecule has 3 rings (SSSR count). The highest BCUT2D eigenvalue weighted by Crippen LogP contribution is 2.30. The highest BCUT2D eigenvalue weighted by Gasteiger charge is 2.44. The minimum atomic E-state index is -1.41. The summed E-state index contributed by atoms with van der Waals surface area (Å²) in [5, 5.41) is 15.4. The maximum atomic E-state index is 14.6. The molecule has 0 radical (unpaired) electrons. The van der Waals surface area contributed by atoms with Gasteiger partial charge in [-0.15, -0.1) is 0 Å². The van der Waals surface area contributed by atoms with Crippen LogP contribution in [0.15, 0.2) is 36.4 Å². The Labute approximate surface area is 395 Å². The lowest BCUT2D eigenvalue weighted by Gasteiger charge is -2.41. The van der Waals surface area contributed by atoms with Crippen molar-refractivity contribution in [1.29, 1.82) is 0 Å². The number of hydrogen-bond donors (Lipinski definition) is 3. The van der Waals surface area contributed by atoms with Crippen LogP contribution in [0.1, 0.15) is 105 Å². The van der Waals surface area contributed by atoms with Crippen molar-refractivity contribution in [3.63, 3.8) is 0 Å². The van der Waals surface area contributed by atoms with Crippen LogP contribution in [0, 0.1) is 29.5 Å². The monoisotopic (exact) mass is 943 g/mol. The number of unbranched alkanes of at least 4 members (excludes halogenated alkanes) is 2. The molecule has 1 fully saturated rings. The van der Waals surface area contributed by atoms with Crippen molar-refractivity contribution in [2.24, 2.45) is 23.7 Å². The molecule has 0 bridgehead atoms. The van der Waals surface area contributed by atoms with E-state index >= 15 is 0 Å². The highest BCUT2D eigenvalue weighted by molar-refractivity contribution is 6.12. The number of halogens is 1. The van der Waals surface area contributed by atoms with Gasteiger partial charge >= 0.3 is 5.97 Å². The molecule has 2 aliphatic rings. The van der Waals surface area contributed by atoms with E-state index in [0.29, 0.717) is 45.1 Å². The summed E-state index contributed by atoms with van der Waals surface area (Å²) in [7, 11) is 6.11. The SMILES string of the molecule is CCC(C)C(C(CC(=O)N1CCC[C@H]1C(OC)C(C)C(=O)NC(Cc1ccccc1F)C(=O)O)OC)N(C)C(=O)[C@@H](NC(=O)C(C(C)C)N(C)C(=O)CCCCCN1C(=O)C=CC1=O)C(C)C. The third-order valence-electron chi connectivity index (χ3n) is 13.4. The Balaban J connectivity index is 1.72. The van der Waals surface area contributed by atoms with Crippen LogP contribution in [0.2, 0.25) is 0 Å². The molecular weight excluding hydrogens is 868 g/mol. The molecule has 1 aromatic rings. The summed E-state index contributed by atoms with van der Waals surface area (Å²) in [6.07, 6.45) is 4.04. The van der Waals surface area contributed by atoms with Gasteiger partial charge in [0, 0.05) is 66.4 Å². The fourth-order valence-electron chi connectivity index (χ4n) is 9.30. The number of carboxylic acid groups (broad SMARTS) is 1. The Bertz CT molecular complexity index is 1910. The number of rotatable bonds is 27. The number of ether oxygens (including phenoxy) is 2. The molecule has 2 aliphatic heterocycles. The van der Waals surface area contributed by atoms with Crippen molar-refractivity contribution in [3.05, 3.63) is 47.8 Å². The van der Waals surface area contributed by atoms with E-state index < -0.39 is 77.8 Å². The van der Waals surface area contributed by atoms with Crippen molar-refractivity contribution in [3.8, 4) is 0 Å². The first-order valence-corrected chi connectivity index (χ1v) is 23.6.